The molecule has 3 N–H and O–H groups in total. The van der Waals surface area contributed by atoms with Crippen LogP contribution in [-0.4, -0.2) is 93.1 Å². The lowest BCUT2D eigenvalue weighted by molar-refractivity contribution is -0.122. The minimum atomic E-state index is -0.475. The van der Waals surface area contributed by atoms with E-state index in [0.29, 0.717) is 5.69 Å². The van der Waals surface area contributed by atoms with Gasteiger partial charge in [0.15, 0.2) is 0 Å². The molecule has 2 amide bonds. The third-order valence-electron chi connectivity index (χ3n) is 6.33. The van der Waals surface area contributed by atoms with Crippen LogP contribution in [0.25, 0.3) is 10.9 Å². The minimum Gasteiger partial charge on any atom is -0.370 e. The van der Waals surface area contributed by atoms with Gasteiger partial charge in [0.25, 0.3) is 0 Å². The molecule has 2 aliphatic rings. The van der Waals surface area contributed by atoms with E-state index >= 15 is 0 Å². The zero-order valence-corrected chi connectivity index (χ0v) is 19.0. The van der Waals surface area contributed by atoms with Gasteiger partial charge in [0, 0.05) is 88.0 Å². The molecule has 0 bridgehead atoms. The number of hydrogen-bond donors (Lipinski definition) is 2. The maximum absolute atomic E-state index is 12.2. The Morgan fingerprint density at radius 2 is 1.53 bits per heavy atom. The molecule has 0 unspecified atom stereocenters. The van der Waals surface area contributed by atoms with Gasteiger partial charge in [0.2, 0.25) is 11.8 Å². The lowest BCUT2D eigenvalue weighted by Gasteiger charge is -2.37. The van der Waals surface area contributed by atoms with Gasteiger partial charge in [-0.1, -0.05) is 0 Å². The summed E-state index contributed by atoms with van der Waals surface area (Å²) in [4.78, 5) is 37.6. The lowest BCUT2D eigenvalue weighted by Crippen LogP contribution is -2.45. The van der Waals surface area contributed by atoms with E-state index in [9.17, 15) is 9.59 Å². The number of rotatable bonds is 6. The molecule has 1 aromatic carbocycles. The Labute approximate surface area is 189 Å². The summed E-state index contributed by atoms with van der Waals surface area (Å²) in [5, 5.41) is 3.92. The maximum atomic E-state index is 12.2. The summed E-state index contributed by atoms with van der Waals surface area (Å²) < 4.78 is 0. The summed E-state index contributed by atoms with van der Waals surface area (Å²) >= 11 is 0. The van der Waals surface area contributed by atoms with Gasteiger partial charge in [-0.15, -0.1) is 0 Å². The topological polar surface area (TPSA) is 98.0 Å². The molecule has 2 aliphatic heterocycles. The molecular weight excluding hydrogens is 406 g/mol. The van der Waals surface area contributed by atoms with Crippen molar-refractivity contribution in [1.82, 2.24) is 14.8 Å². The number of fused-ring (bicyclic) bond motifs is 1. The molecule has 2 fully saturated rings. The SMILES string of the molecule is CN1CCN(c2cc(N3CCN(C)CC3)c3cc(NC(=O)CCC(N)=O)ccc3n2)CC1. The Balaban J connectivity index is 1.65. The van der Waals surface area contributed by atoms with Gasteiger partial charge in [-0.25, -0.2) is 4.98 Å². The van der Waals surface area contributed by atoms with Crippen LogP contribution in [0.5, 0.6) is 0 Å². The van der Waals surface area contributed by atoms with Crippen LogP contribution in [0.3, 0.4) is 0 Å². The molecule has 4 rings (SSSR count). The third-order valence-corrected chi connectivity index (χ3v) is 6.33. The highest BCUT2D eigenvalue weighted by Crippen LogP contribution is 2.33. The van der Waals surface area contributed by atoms with Gasteiger partial charge in [0.05, 0.1) is 5.52 Å². The van der Waals surface area contributed by atoms with Crippen molar-refractivity contribution in [3.8, 4) is 0 Å². The van der Waals surface area contributed by atoms with E-state index in [-0.39, 0.29) is 18.7 Å². The van der Waals surface area contributed by atoms with Crippen LogP contribution in [0.1, 0.15) is 12.8 Å². The number of nitrogens with zero attached hydrogens (tertiary/aromatic N) is 5. The highest BCUT2D eigenvalue weighted by molar-refractivity contribution is 5.99. The highest BCUT2D eigenvalue weighted by Gasteiger charge is 2.21. The number of benzene rings is 1. The van der Waals surface area contributed by atoms with Crippen molar-refractivity contribution < 1.29 is 9.59 Å². The van der Waals surface area contributed by atoms with Crippen molar-refractivity contribution in [3.05, 3.63) is 24.3 Å². The highest BCUT2D eigenvalue weighted by atomic mass is 16.2. The smallest absolute Gasteiger partial charge is 0.224 e. The molecule has 0 spiro atoms. The Morgan fingerprint density at radius 1 is 0.906 bits per heavy atom. The second-order valence-electron chi connectivity index (χ2n) is 8.83. The molecule has 0 radical (unpaired) electrons. The molecule has 9 heteroatoms. The van der Waals surface area contributed by atoms with Gasteiger partial charge < -0.3 is 30.7 Å². The average molecular weight is 440 g/mol. The van der Waals surface area contributed by atoms with Crippen LogP contribution >= 0.6 is 0 Å². The number of carbonyl (C=O) groups excluding carboxylic acids is 2. The minimum absolute atomic E-state index is 0.0436. The molecule has 0 atom stereocenters. The Morgan fingerprint density at radius 3 is 2.16 bits per heavy atom. The van der Waals surface area contributed by atoms with Crippen molar-refractivity contribution in [2.45, 2.75) is 12.8 Å². The first-order valence-corrected chi connectivity index (χ1v) is 11.3. The number of pyridine rings is 1. The van der Waals surface area contributed by atoms with E-state index in [0.717, 1.165) is 74.8 Å². The molecular formula is C23H33N7O2. The Hall–Kier alpha value is -2.91. The Bertz CT molecular complexity index is 980. The van der Waals surface area contributed by atoms with Crippen LogP contribution in [0.2, 0.25) is 0 Å². The average Bonchev–Trinajstić information content (AvgIpc) is 2.78. The summed E-state index contributed by atoms with van der Waals surface area (Å²) in [5.74, 6) is 0.320. The molecule has 172 valence electrons. The lowest BCUT2D eigenvalue weighted by atomic mass is 10.1. The van der Waals surface area contributed by atoms with Crippen LogP contribution in [-0.2, 0) is 9.59 Å². The van der Waals surface area contributed by atoms with Gasteiger partial charge in [-0.05, 0) is 32.3 Å². The number of primary amides is 1. The summed E-state index contributed by atoms with van der Waals surface area (Å²) in [6.45, 7) is 7.91. The molecule has 9 nitrogen and oxygen atoms in total. The fourth-order valence-corrected chi connectivity index (χ4v) is 4.24. The van der Waals surface area contributed by atoms with Crippen molar-refractivity contribution in [1.29, 1.82) is 0 Å². The normalized spacial score (nSPS) is 18.2. The fourth-order valence-electron chi connectivity index (χ4n) is 4.24. The predicted octanol–water partition coefficient (Wildman–Crippen LogP) is 0.942. The second-order valence-corrected chi connectivity index (χ2v) is 8.83. The van der Waals surface area contributed by atoms with E-state index < -0.39 is 5.91 Å². The first kappa shape index (κ1) is 22.3. The van der Waals surface area contributed by atoms with E-state index in [2.05, 4.69) is 45.1 Å². The summed E-state index contributed by atoms with van der Waals surface area (Å²) in [6, 6.07) is 8.04. The molecule has 1 aromatic heterocycles. The summed E-state index contributed by atoms with van der Waals surface area (Å²) in [6.07, 6.45) is 0.126. The van der Waals surface area contributed by atoms with Crippen molar-refractivity contribution >= 4 is 39.9 Å². The van der Waals surface area contributed by atoms with Crippen LogP contribution < -0.4 is 20.9 Å². The van der Waals surface area contributed by atoms with Crippen LogP contribution in [0.15, 0.2) is 24.3 Å². The number of nitrogens with one attached hydrogen (secondary N) is 1. The zero-order chi connectivity index (χ0) is 22.7. The second kappa shape index (κ2) is 9.70. The molecule has 32 heavy (non-hydrogen) atoms. The number of amides is 2. The van der Waals surface area contributed by atoms with Crippen LogP contribution in [0.4, 0.5) is 17.2 Å². The first-order chi connectivity index (χ1) is 15.4. The van der Waals surface area contributed by atoms with E-state index in [4.69, 9.17) is 10.7 Å². The molecule has 3 heterocycles. The monoisotopic (exact) mass is 439 g/mol. The van der Waals surface area contributed by atoms with Gasteiger partial charge in [-0.3, -0.25) is 9.59 Å². The number of likely N-dealkylation sites (N-methyl/N-ethyl adjacent to an activating group) is 2. The fraction of sp³-hybridized carbons (Fsp3) is 0.522. The van der Waals surface area contributed by atoms with E-state index in [1.807, 2.05) is 18.2 Å². The first-order valence-electron chi connectivity index (χ1n) is 11.3. The van der Waals surface area contributed by atoms with Crippen molar-refractivity contribution in [2.24, 2.45) is 5.73 Å². The van der Waals surface area contributed by atoms with Gasteiger partial charge >= 0.3 is 0 Å². The number of aromatic nitrogens is 1. The summed E-state index contributed by atoms with van der Waals surface area (Å²) in [5.41, 5.74) is 7.95. The molecule has 2 saturated heterocycles. The van der Waals surface area contributed by atoms with Crippen molar-refractivity contribution in [2.75, 3.05) is 81.6 Å². The predicted molar refractivity (Wildman–Crippen MR) is 128 cm³/mol. The van der Waals surface area contributed by atoms with Crippen LogP contribution in [0, 0.1) is 0 Å². The quantitative estimate of drug-likeness (QED) is 0.691. The van der Waals surface area contributed by atoms with E-state index in [1.54, 1.807) is 0 Å². The van der Waals surface area contributed by atoms with Gasteiger partial charge in [0.1, 0.15) is 5.82 Å². The van der Waals surface area contributed by atoms with Gasteiger partial charge in [-0.2, -0.15) is 0 Å². The third kappa shape index (κ3) is 5.28. The number of anilines is 3. The number of nitrogens with two attached hydrogens (primary N) is 1. The molecule has 0 saturated carbocycles. The largest absolute Gasteiger partial charge is 0.370 e. The molecule has 0 aliphatic carbocycles. The number of carbonyl (C=O) groups is 2. The number of hydrogen-bond acceptors (Lipinski definition) is 7. The Kier molecular flexibility index (Phi) is 6.76. The maximum Gasteiger partial charge on any atom is 0.224 e. The zero-order valence-electron chi connectivity index (χ0n) is 19.0. The number of piperazine rings is 2. The standard InChI is InChI=1S/C23H33N7O2/c1-27-7-11-29(12-8-27)20-16-22(30-13-9-28(2)10-14-30)26-19-4-3-17(15-18(19)20)25-23(32)6-5-21(24)31/h3-4,15-16H,5-14H2,1-2H3,(H2,24,31)(H,25,32). The van der Waals surface area contributed by atoms with E-state index in [1.165, 1.54) is 0 Å². The van der Waals surface area contributed by atoms with Crippen molar-refractivity contribution in [3.63, 3.8) is 0 Å². The summed E-state index contributed by atoms with van der Waals surface area (Å²) in [7, 11) is 4.30. The molecule has 2 aromatic rings.